The van der Waals surface area contributed by atoms with Crippen LogP contribution in [0.15, 0.2) is 28.9 Å². The number of likely N-dealkylation sites (N-methyl/N-ethyl adjacent to an activating group) is 1. The first kappa shape index (κ1) is 11.7. The molecule has 0 fully saturated rings. The molecule has 16 heavy (non-hydrogen) atoms. The number of furan rings is 1. The monoisotopic (exact) mass is 255 g/mol. The van der Waals surface area contributed by atoms with Gasteiger partial charge in [0.05, 0.1) is 10.6 Å². The summed E-state index contributed by atoms with van der Waals surface area (Å²) >= 11 is 7.54. The van der Waals surface area contributed by atoms with E-state index in [1.807, 2.05) is 26.3 Å². The van der Waals surface area contributed by atoms with E-state index in [4.69, 9.17) is 16.0 Å². The van der Waals surface area contributed by atoms with Gasteiger partial charge in [-0.3, -0.25) is 0 Å². The molecule has 2 aromatic heterocycles. The minimum atomic E-state index is 0.284. The van der Waals surface area contributed by atoms with E-state index in [1.165, 1.54) is 10.4 Å². The van der Waals surface area contributed by atoms with E-state index in [2.05, 4.69) is 17.4 Å². The smallest absolute Gasteiger partial charge is 0.101 e. The molecule has 86 valence electrons. The lowest BCUT2D eigenvalue weighted by Gasteiger charge is -2.12. The molecule has 0 radical (unpaired) electrons. The van der Waals surface area contributed by atoms with E-state index < -0.39 is 0 Å². The van der Waals surface area contributed by atoms with Crippen LogP contribution in [0.4, 0.5) is 0 Å². The molecule has 0 aliphatic rings. The molecule has 0 saturated heterocycles. The van der Waals surface area contributed by atoms with Crippen LogP contribution in [-0.4, -0.2) is 7.05 Å². The fraction of sp³-hybridized carbons (Fsp3) is 0.333. The Hall–Kier alpha value is -0.770. The number of hydrogen-bond acceptors (Lipinski definition) is 3. The molecule has 1 N–H and O–H groups in total. The fourth-order valence-corrected chi connectivity index (χ4v) is 2.83. The predicted octanol–water partition coefficient (Wildman–Crippen LogP) is 3.81. The van der Waals surface area contributed by atoms with Crippen molar-refractivity contribution < 1.29 is 4.42 Å². The summed E-state index contributed by atoms with van der Waals surface area (Å²) in [7, 11) is 1.96. The second-order valence-electron chi connectivity index (χ2n) is 3.74. The SMILES string of the molecule is CNC(Cc1ccc(Cl)s1)c1coc(C)c1. The molecule has 2 rings (SSSR count). The van der Waals surface area contributed by atoms with Crippen LogP contribution >= 0.6 is 22.9 Å². The Kier molecular flexibility index (Phi) is 3.69. The zero-order chi connectivity index (χ0) is 11.5. The lowest BCUT2D eigenvalue weighted by molar-refractivity contribution is 0.521. The van der Waals surface area contributed by atoms with Gasteiger partial charge in [-0.15, -0.1) is 11.3 Å². The van der Waals surface area contributed by atoms with Gasteiger partial charge in [0.2, 0.25) is 0 Å². The Bertz CT molecular complexity index is 463. The van der Waals surface area contributed by atoms with E-state index in [0.29, 0.717) is 0 Å². The first-order valence-electron chi connectivity index (χ1n) is 5.15. The summed E-state index contributed by atoms with van der Waals surface area (Å²) in [6, 6.07) is 6.36. The van der Waals surface area contributed by atoms with Crippen LogP contribution in [0.2, 0.25) is 4.34 Å². The Balaban J connectivity index is 2.12. The van der Waals surface area contributed by atoms with Crippen molar-refractivity contribution in [2.75, 3.05) is 7.05 Å². The Labute approximate surface area is 104 Å². The first-order valence-corrected chi connectivity index (χ1v) is 6.35. The molecule has 0 aliphatic carbocycles. The van der Waals surface area contributed by atoms with Crippen molar-refractivity contribution in [3.63, 3.8) is 0 Å². The molecule has 0 aliphatic heterocycles. The lowest BCUT2D eigenvalue weighted by atomic mass is 10.1. The maximum absolute atomic E-state index is 5.92. The second-order valence-corrected chi connectivity index (χ2v) is 5.54. The van der Waals surface area contributed by atoms with Crippen LogP contribution in [0.3, 0.4) is 0 Å². The highest BCUT2D eigenvalue weighted by atomic mass is 35.5. The molecular formula is C12H14ClNOS. The number of hydrogen-bond donors (Lipinski definition) is 1. The highest BCUT2D eigenvalue weighted by molar-refractivity contribution is 7.16. The molecule has 0 amide bonds. The number of rotatable bonds is 4. The minimum Gasteiger partial charge on any atom is -0.469 e. The molecule has 1 unspecified atom stereocenters. The standard InChI is InChI=1S/C12H14ClNOS/c1-8-5-9(7-15-8)11(14-2)6-10-3-4-12(13)16-10/h3-5,7,11,14H,6H2,1-2H3. The number of halogens is 1. The van der Waals surface area contributed by atoms with Gasteiger partial charge in [0.25, 0.3) is 0 Å². The normalized spacial score (nSPS) is 12.9. The molecule has 4 heteroatoms. The quantitative estimate of drug-likeness (QED) is 0.899. The lowest BCUT2D eigenvalue weighted by Crippen LogP contribution is -2.17. The first-order chi connectivity index (χ1) is 7.69. The zero-order valence-electron chi connectivity index (χ0n) is 9.29. The van der Waals surface area contributed by atoms with Crippen LogP contribution < -0.4 is 5.32 Å². The van der Waals surface area contributed by atoms with E-state index in [9.17, 15) is 0 Å². The van der Waals surface area contributed by atoms with Gasteiger partial charge in [0.1, 0.15) is 5.76 Å². The molecular weight excluding hydrogens is 242 g/mol. The molecule has 0 bridgehead atoms. The van der Waals surface area contributed by atoms with E-state index in [0.717, 1.165) is 16.5 Å². The average Bonchev–Trinajstić information content (AvgIpc) is 2.84. The third kappa shape index (κ3) is 2.67. The zero-order valence-corrected chi connectivity index (χ0v) is 10.9. The molecule has 0 spiro atoms. The largest absolute Gasteiger partial charge is 0.469 e. The van der Waals surface area contributed by atoms with Gasteiger partial charge in [-0.2, -0.15) is 0 Å². The maximum Gasteiger partial charge on any atom is 0.101 e. The number of nitrogens with one attached hydrogen (secondary N) is 1. The van der Waals surface area contributed by atoms with Gasteiger partial charge < -0.3 is 9.73 Å². The highest BCUT2D eigenvalue weighted by Crippen LogP contribution is 2.27. The maximum atomic E-state index is 5.92. The molecule has 1 atom stereocenters. The van der Waals surface area contributed by atoms with Gasteiger partial charge in [-0.25, -0.2) is 0 Å². The van der Waals surface area contributed by atoms with Crippen LogP contribution in [-0.2, 0) is 6.42 Å². The van der Waals surface area contributed by atoms with Crippen molar-refractivity contribution in [3.8, 4) is 0 Å². The van der Waals surface area contributed by atoms with Crippen molar-refractivity contribution >= 4 is 22.9 Å². The van der Waals surface area contributed by atoms with E-state index in [1.54, 1.807) is 11.3 Å². The predicted molar refractivity (Wildman–Crippen MR) is 68.3 cm³/mol. The summed E-state index contributed by atoms with van der Waals surface area (Å²) in [6.45, 7) is 1.96. The van der Waals surface area contributed by atoms with Crippen molar-refractivity contribution in [1.82, 2.24) is 5.32 Å². The van der Waals surface area contributed by atoms with Crippen molar-refractivity contribution in [2.24, 2.45) is 0 Å². The number of aryl methyl sites for hydroxylation is 1. The molecule has 2 nitrogen and oxygen atoms in total. The second kappa shape index (κ2) is 5.04. The van der Waals surface area contributed by atoms with Crippen LogP contribution in [0, 0.1) is 6.92 Å². The summed E-state index contributed by atoms with van der Waals surface area (Å²) in [4.78, 5) is 1.28. The molecule has 2 aromatic rings. The molecule has 0 aromatic carbocycles. The van der Waals surface area contributed by atoms with Gasteiger partial charge in [-0.05, 0) is 32.2 Å². The summed E-state index contributed by atoms with van der Waals surface area (Å²) in [5.74, 6) is 0.944. The average molecular weight is 256 g/mol. The molecule has 0 saturated carbocycles. The van der Waals surface area contributed by atoms with Gasteiger partial charge in [-0.1, -0.05) is 11.6 Å². The molecule has 2 heterocycles. The summed E-state index contributed by atoms with van der Waals surface area (Å²) in [5.41, 5.74) is 1.18. The topological polar surface area (TPSA) is 25.2 Å². The summed E-state index contributed by atoms with van der Waals surface area (Å²) in [5, 5.41) is 3.29. The minimum absolute atomic E-state index is 0.284. The van der Waals surface area contributed by atoms with Gasteiger partial charge >= 0.3 is 0 Å². The Morgan fingerprint density at radius 1 is 1.50 bits per heavy atom. The Morgan fingerprint density at radius 3 is 2.81 bits per heavy atom. The fourth-order valence-electron chi connectivity index (χ4n) is 1.70. The van der Waals surface area contributed by atoms with Crippen molar-refractivity contribution in [2.45, 2.75) is 19.4 Å². The number of thiophene rings is 1. The van der Waals surface area contributed by atoms with Crippen molar-refractivity contribution in [1.29, 1.82) is 0 Å². The summed E-state index contributed by atoms with van der Waals surface area (Å²) in [6.07, 6.45) is 2.75. The van der Waals surface area contributed by atoms with Crippen molar-refractivity contribution in [3.05, 3.63) is 45.0 Å². The Morgan fingerprint density at radius 2 is 2.31 bits per heavy atom. The van der Waals surface area contributed by atoms with Crippen LogP contribution in [0.1, 0.15) is 22.2 Å². The summed E-state index contributed by atoms with van der Waals surface area (Å²) < 4.78 is 6.17. The van der Waals surface area contributed by atoms with Crippen LogP contribution in [0.5, 0.6) is 0 Å². The highest BCUT2D eigenvalue weighted by Gasteiger charge is 2.13. The van der Waals surface area contributed by atoms with Gasteiger partial charge in [0, 0.05) is 22.9 Å². The van der Waals surface area contributed by atoms with Gasteiger partial charge in [0.15, 0.2) is 0 Å². The van der Waals surface area contributed by atoms with Crippen LogP contribution in [0.25, 0.3) is 0 Å². The third-order valence-electron chi connectivity index (χ3n) is 2.54. The van der Waals surface area contributed by atoms with E-state index in [-0.39, 0.29) is 6.04 Å². The van der Waals surface area contributed by atoms with E-state index >= 15 is 0 Å². The third-order valence-corrected chi connectivity index (χ3v) is 3.79.